The van der Waals surface area contributed by atoms with E-state index in [1.807, 2.05) is 26.0 Å². The van der Waals surface area contributed by atoms with E-state index in [0.29, 0.717) is 22.8 Å². The molecule has 1 aromatic carbocycles. The van der Waals surface area contributed by atoms with Gasteiger partial charge in [0, 0.05) is 17.8 Å². The molecule has 32 heavy (non-hydrogen) atoms. The van der Waals surface area contributed by atoms with Gasteiger partial charge in [-0.15, -0.1) is 0 Å². The lowest BCUT2D eigenvalue weighted by atomic mass is 9.85. The molecule has 0 bridgehead atoms. The molecule has 1 radical (unpaired) electrons. The monoisotopic (exact) mass is 453 g/mol. The van der Waals surface area contributed by atoms with Gasteiger partial charge in [-0.2, -0.15) is 5.26 Å². The first kappa shape index (κ1) is 24.2. The van der Waals surface area contributed by atoms with Gasteiger partial charge in [0.25, 0.3) is 0 Å². The molecule has 2 aromatic rings. The Hall–Kier alpha value is -2.40. The van der Waals surface area contributed by atoms with Crippen molar-refractivity contribution < 1.29 is 19.0 Å². The number of ether oxygens (including phenoxy) is 2. The molecule has 1 unspecified atom stereocenters. The van der Waals surface area contributed by atoms with Gasteiger partial charge >= 0.3 is 0 Å². The summed E-state index contributed by atoms with van der Waals surface area (Å²) >= 11 is 0. The summed E-state index contributed by atoms with van der Waals surface area (Å²) in [5.74, 6) is 1.02. The van der Waals surface area contributed by atoms with Crippen LogP contribution in [0.2, 0.25) is 13.1 Å². The number of fused-ring (bicyclic) bond motifs is 1. The predicted octanol–water partition coefficient (Wildman–Crippen LogP) is 4.83. The second-order valence-corrected chi connectivity index (χ2v) is 12.2. The van der Waals surface area contributed by atoms with Crippen LogP contribution in [0.1, 0.15) is 57.4 Å². The summed E-state index contributed by atoms with van der Waals surface area (Å²) in [5.41, 5.74) is 1.33. The molecule has 0 saturated carbocycles. The highest BCUT2D eigenvalue weighted by Crippen LogP contribution is 2.42. The highest BCUT2D eigenvalue weighted by atomic mass is 28.3. The van der Waals surface area contributed by atoms with Crippen molar-refractivity contribution in [1.29, 1.82) is 5.26 Å². The molecule has 3 rings (SSSR count). The van der Waals surface area contributed by atoms with Crippen LogP contribution in [-0.2, 0) is 10.8 Å². The maximum atomic E-state index is 11.0. The molecular formula is C25H33N2O4Si. The zero-order valence-corrected chi connectivity index (χ0v) is 21.0. The molecule has 0 amide bonds. The van der Waals surface area contributed by atoms with Crippen LogP contribution in [0.5, 0.6) is 11.6 Å². The number of pyridine rings is 1. The normalized spacial score (nSPS) is 20.8. The van der Waals surface area contributed by atoms with Gasteiger partial charge in [0.15, 0.2) is 6.10 Å². The fourth-order valence-electron chi connectivity index (χ4n) is 3.73. The van der Waals surface area contributed by atoms with Gasteiger partial charge in [0.1, 0.15) is 17.5 Å². The second-order valence-electron chi connectivity index (χ2n) is 10.1. The molecule has 0 aliphatic carbocycles. The van der Waals surface area contributed by atoms with E-state index >= 15 is 0 Å². The van der Waals surface area contributed by atoms with Crippen molar-refractivity contribution >= 4 is 9.04 Å². The van der Waals surface area contributed by atoms with Crippen molar-refractivity contribution in [2.75, 3.05) is 0 Å². The smallest absolute Gasteiger partial charge is 0.214 e. The molecule has 1 aromatic heterocycles. The number of aromatic nitrogens is 1. The predicted molar refractivity (Wildman–Crippen MR) is 125 cm³/mol. The molecule has 3 atom stereocenters. The Balaban J connectivity index is 1.90. The van der Waals surface area contributed by atoms with Crippen LogP contribution >= 0.6 is 0 Å². The summed E-state index contributed by atoms with van der Waals surface area (Å²) in [6.07, 6.45) is 0.895. The number of aliphatic hydroxyl groups excluding tert-OH is 1. The molecule has 7 heteroatoms. The van der Waals surface area contributed by atoms with E-state index in [2.05, 4.69) is 44.9 Å². The van der Waals surface area contributed by atoms with E-state index in [4.69, 9.17) is 13.9 Å². The minimum absolute atomic E-state index is 0.000209. The van der Waals surface area contributed by atoms with Crippen LogP contribution in [0.15, 0.2) is 36.5 Å². The second kappa shape index (κ2) is 9.22. The maximum absolute atomic E-state index is 11.0. The number of hydrogen-bond donors (Lipinski definition) is 1. The van der Waals surface area contributed by atoms with Crippen molar-refractivity contribution in [3.8, 4) is 17.7 Å². The Morgan fingerprint density at radius 2 is 1.97 bits per heavy atom. The van der Waals surface area contributed by atoms with Crippen molar-refractivity contribution in [2.24, 2.45) is 5.41 Å². The Bertz CT molecular complexity index is 994. The van der Waals surface area contributed by atoms with Gasteiger partial charge in [-0.05, 0) is 68.6 Å². The lowest BCUT2D eigenvalue weighted by molar-refractivity contribution is -0.104. The van der Waals surface area contributed by atoms with Crippen molar-refractivity contribution in [2.45, 2.75) is 78.0 Å². The van der Waals surface area contributed by atoms with Gasteiger partial charge in [-0.3, -0.25) is 0 Å². The van der Waals surface area contributed by atoms with Crippen LogP contribution in [-0.4, -0.2) is 36.9 Å². The zero-order valence-electron chi connectivity index (χ0n) is 20.0. The molecule has 1 N–H and O–H groups in total. The van der Waals surface area contributed by atoms with Crippen molar-refractivity contribution in [3.63, 3.8) is 0 Å². The first-order valence-corrected chi connectivity index (χ1v) is 13.3. The van der Waals surface area contributed by atoms with Crippen LogP contribution in [0, 0.1) is 16.7 Å². The topological polar surface area (TPSA) is 84.6 Å². The Kier molecular flexibility index (Phi) is 6.99. The quantitative estimate of drug-likeness (QED) is 0.631. The SMILES string of the molecule is C[Si](C)OC(Cc1ccnc(O[C@@H]2c3cc(C#N)ccc3OC(C)(C)[C@H]2O)c1)C(C)(C)C. The highest BCUT2D eigenvalue weighted by molar-refractivity contribution is 6.48. The summed E-state index contributed by atoms with van der Waals surface area (Å²) in [5, 5.41) is 20.3. The largest absolute Gasteiger partial charge is 0.485 e. The van der Waals surface area contributed by atoms with Crippen LogP contribution in [0.25, 0.3) is 0 Å². The number of nitrogens with zero attached hydrogens (tertiary/aromatic N) is 2. The van der Waals surface area contributed by atoms with Crippen molar-refractivity contribution in [3.05, 3.63) is 53.2 Å². The first-order chi connectivity index (χ1) is 14.9. The minimum atomic E-state index is -0.939. The zero-order chi connectivity index (χ0) is 23.7. The van der Waals surface area contributed by atoms with E-state index in [0.717, 1.165) is 12.0 Å². The van der Waals surface area contributed by atoms with Gasteiger partial charge in [0.2, 0.25) is 14.9 Å². The molecule has 1 aliphatic rings. The van der Waals surface area contributed by atoms with Crippen LogP contribution < -0.4 is 9.47 Å². The minimum Gasteiger partial charge on any atom is -0.485 e. The standard InChI is InChI=1S/C25H33N2O4Si/c1-24(2,3)20(31-32(6)7)13-16-10-11-27-21(14-16)29-22-18-12-17(15-26)8-9-19(18)30-25(4,5)23(22)28/h8-12,14,20,22-23,28H,13H2,1-7H3/t20?,22-,23+/m1/s1. The molecule has 6 nitrogen and oxygen atoms in total. The molecule has 1 aliphatic heterocycles. The molecule has 171 valence electrons. The van der Waals surface area contributed by atoms with E-state index in [9.17, 15) is 10.4 Å². The van der Waals surface area contributed by atoms with Gasteiger partial charge < -0.3 is 19.0 Å². The van der Waals surface area contributed by atoms with Crippen LogP contribution in [0.3, 0.4) is 0 Å². The summed E-state index contributed by atoms with van der Waals surface area (Å²) in [6, 6.07) is 11.2. The molecule has 0 spiro atoms. The maximum Gasteiger partial charge on any atom is 0.214 e. The summed E-state index contributed by atoms with van der Waals surface area (Å²) in [7, 11) is -0.847. The summed E-state index contributed by atoms with van der Waals surface area (Å²) in [4.78, 5) is 4.39. The number of benzene rings is 1. The molecule has 0 saturated heterocycles. The van der Waals surface area contributed by atoms with Gasteiger partial charge in [0.05, 0.1) is 17.7 Å². The van der Waals surface area contributed by atoms with Gasteiger partial charge in [-0.25, -0.2) is 4.98 Å². The van der Waals surface area contributed by atoms with E-state index in [-0.39, 0.29) is 11.5 Å². The summed E-state index contributed by atoms with van der Waals surface area (Å²) < 4.78 is 18.5. The Morgan fingerprint density at radius 1 is 1.25 bits per heavy atom. The number of aliphatic hydroxyl groups is 1. The van der Waals surface area contributed by atoms with Crippen molar-refractivity contribution in [1.82, 2.24) is 4.98 Å². The third-order valence-corrected chi connectivity index (χ3v) is 6.39. The fraction of sp³-hybridized carbons (Fsp3) is 0.520. The van der Waals surface area contributed by atoms with Gasteiger partial charge in [-0.1, -0.05) is 20.8 Å². The number of rotatable bonds is 6. The molecule has 0 fully saturated rings. The van der Waals surface area contributed by atoms with Crippen LogP contribution in [0.4, 0.5) is 0 Å². The summed E-state index contributed by atoms with van der Waals surface area (Å²) in [6.45, 7) is 14.5. The van der Waals surface area contributed by atoms with E-state index < -0.39 is 26.8 Å². The van der Waals surface area contributed by atoms with E-state index in [1.54, 1.807) is 24.4 Å². The molecule has 2 heterocycles. The lowest BCUT2D eigenvalue weighted by Gasteiger charge is -2.41. The first-order valence-electron chi connectivity index (χ1n) is 10.9. The lowest BCUT2D eigenvalue weighted by Crippen LogP contribution is -2.50. The Labute approximate surface area is 192 Å². The number of nitriles is 1. The number of hydrogen-bond acceptors (Lipinski definition) is 6. The fourth-order valence-corrected chi connectivity index (χ4v) is 4.74. The van der Waals surface area contributed by atoms with E-state index in [1.165, 1.54) is 0 Å². The Morgan fingerprint density at radius 3 is 2.59 bits per heavy atom. The third-order valence-electron chi connectivity index (χ3n) is 5.63. The molecular weight excluding hydrogens is 420 g/mol. The third kappa shape index (κ3) is 5.50. The average molecular weight is 454 g/mol. The highest BCUT2D eigenvalue weighted by Gasteiger charge is 2.44. The average Bonchev–Trinajstić information content (AvgIpc) is 2.70.